The maximum Gasteiger partial charge on any atom is 0.191 e. The predicted octanol–water partition coefficient (Wildman–Crippen LogP) is 3.07. The number of halogens is 1. The number of nitrogens with zero attached hydrogens (tertiary/aromatic N) is 3. The van der Waals surface area contributed by atoms with Crippen molar-refractivity contribution in [3.8, 4) is 0 Å². The summed E-state index contributed by atoms with van der Waals surface area (Å²) >= 11 is 0. The van der Waals surface area contributed by atoms with Gasteiger partial charge < -0.3 is 15.5 Å². The Balaban J connectivity index is 0.00000208. The molecule has 6 heteroatoms. The Bertz CT molecular complexity index is 558. The zero-order chi connectivity index (χ0) is 15.9. The first-order chi connectivity index (χ1) is 11.3. The molecule has 2 heterocycles. The first kappa shape index (κ1) is 19.0. The number of pyridine rings is 1. The maximum absolute atomic E-state index is 4.54. The fourth-order valence-corrected chi connectivity index (χ4v) is 3.18. The van der Waals surface area contributed by atoms with E-state index >= 15 is 0 Å². The molecule has 1 aromatic rings. The third kappa shape index (κ3) is 5.36. The van der Waals surface area contributed by atoms with Crippen LogP contribution in [-0.4, -0.2) is 37.1 Å². The Morgan fingerprint density at radius 2 is 2.00 bits per heavy atom. The predicted molar refractivity (Wildman–Crippen MR) is 111 cm³/mol. The van der Waals surface area contributed by atoms with Crippen molar-refractivity contribution < 1.29 is 0 Å². The lowest BCUT2D eigenvalue weighted by Crippen LogP contribution is -2.42. The van der Waals surface area contributed by atoms with Gasteiger partial charge in [0.2, 0.25) is 0 Å². The average molecular weight is 441 g/mol. The maximum atomic E-state index is 4.54. The Morgan fingerprint density at radius 1 is 1.25 bits per heavy atom. The highest BCUT2D eigenvalue weighted by Crippen LogP contribution is 2.18. The highest BCUT2D eigenvalue weighted by atomic mass is 127. The third-order valence-corrected chi connectivity index (χ3v) is 4.52. The molecule has 1 fully saturated rings. The van der Waals surface area contributed by atoms with Crippen molar-refractivity contribution in [2.75, 3.05) is 25.0 Å². The summed E-state index contributed by atoms with van der Waals surface area (Å²) in [6.07, 6.45) is 12.4. The Morgan fingerprint density at radius 3 is 2.71 bits per heavy atom. The van der Waals surface area contributed by atoms with Crippen LogP contribution in [0.4, 0.5) is 5.82 Å². The zero-order valence-electron chi connectivity index (χ0n) is 14.4. The number of hydrogen-bond donors (Lipinski definition) is 2. The van der Waals surface area contributed by atoms with Gasteiger partial charge in [0, 0.05) is 38.9 Å². The molecule has 0 atom stereocenters. The standard InChI is InChI=1S/C18H27N5.HI/c1-19-18(22-16-7-3-4-8-16)21-14-15-9-10-20-17(13-15)23-11-5-2-6-12-23;/h3-4,9-10,13,16H,2,5-8,11-12,14H2,1H3,(H2,19,21,22);1H. The van der Waals surface area contributed by atoms with Crippen LogP contribution >= 0.6 is 24.0 Å². The molecule has 0 bridgehead atoms. The van der Waals surface area contributed by atoms with E-state index in [2.05, 4.69) is 49.8 Å². The molecule has 24 heavy (non-hydrogen) atoms. The van der Waals surface area contributed by atoms with E-state index in [1.54, 1.807) is 0 Å². The molecule has 2 N–H and O–H groups in total. The second-order valence-electron chi connectivity index (χ2n) is 6.28. The first-order valence-electron chi connectivity index (χ1n) is 8.67. The van der Waals surface area contributed by atoms with Gasteiger partial charge in [-0.2, -0.15) is 0 Å². The molecule has 1 saturated heterocycles. The quantitative estimate of drug-likeness (QED) is 0.327. The molecule has 0 unspecified atom stereocenters. The molecular weight excluding hydrogens is 413 g/mol. The fraction of sp³-hybridized carbons (Fsp3) is 0.556. The van der Waals surface area contributed by atoms with Crippen molar-refractivity contribution >= 4 is 35.8 Å². The topological polar surface area (TPSA) is 52.6 Å². The van der Waals surface area contributed by atoms with Crippen LogP contribution in [0.1, 0.15) is 37.7 Å². The van der Waals surface area contributed by atoms with E-state index in [4.69, 9.17) is 0 Å². The summed E-state index contributed by atoms with van der Waals surface area (Å²) in [6.45, 7) is 3.02. The molecular formula is C18H28IN5. The van der Waals surface area contributed by atoms with Gasteiger partial charge in [0.1, 0.15) is 5.82 Å². The minimum absolute atomic E-state index is 0. The molecule has 132 valence electrons. The van der Waals surface area contributed by atoms with Crippen LogP contribution < -0.4 is 15.5 Å². The highest BCUT2D eigenvalue weighted by Gasteiger charge is 2.13. The molecule has 1 aliphatic carbocycles. The third-order valence-electron chi connectivity index (χ3n) is 4.52. The number of aliphatic imine (C=N–C) groups is 1. The van der Waals surface area contributed by atoms with Crippen molar-refractivity contribution in [3.05, 3.63) is 36.0 Å². The molecule has 1 aromatic heterocycles. The molecule has 0 radical (unpaired) electrons. The molecule has 1 aliphatic heterocycles. The summed E-state index contributed by atoms with van der Waals surface area (Å²) in [4.78, 5) is 11.3. The minimum atomic E-state index is 0. The Hall–Kier alpha value is -1.31. The normalized spacial score (nSPS) is 18.4. The largest absolute Gasteiger partial charge is 0.357 e. The van der Waals surface area contributed by atoms with Gasteiger partial charge in [0.05, 0.1) is 0 Å². The summed E-state index contributed by atoms with van der Waals surface area (Å²) < 4.78 is 0. The van der Waals surface area contributed by atoms with E-state index in [1.807, 2.05) is 13.2 Å². The monoisotopic (exact) mass is 441 g/mol. The number of guanidine groups is 1. The van der Waals surface area contributed by atoms with E-state index in [0.717, 1.165) is 44.3 Å². The lowest BCUT2D eigenvalue weighted by molar-refractivity contribution is 0.573. The molecule has 5 nitrogen and oxygen atoms in total. The summed E-state index contributed by atoms with van der Waals surface area (Å²) in [7, 11) is 1.82. The van der Waals surface area contributed by atoms with Gasteiger partial charge in [0.25, 0.3) is 0 Å². The summed E-state index contributed by atoms with van der Waals surface area (Å²) in [5.74, 6) is 1.97. The van der Waals surface area contributed by atoms with Crippen molar-refractivity contribution in [2.45, 2.75) is 44.7 Å². The van der Waals surface area contributed by atoms with Crippen LogP contribution in [0.15, 0.2) is 35.5 Å². The summed E-state index contributed by atoms with van der Waals surface area (Å²) in [6, 6.07) is 4.75. The van der Waals surface area contributed by atoms with Crippen molar-refractivity contribution in [1.29, 1.82) is 0 Å². The van der Waals surface area contributed by atoms with Gasteiger partial charge in [-0.15, -0.1) is 24.0 Å². The van der Waals surface area contributed by atoms with Crippen molar-refractivity contribution in [3.63, 3.8) is 0 Å². The second kappa shape index (κ2) is 9.86. The van der Waals surface area contributed by atoms with Crippen LogP contribution in [0, 0.1) is 0 Å². The van der Waals surface area contributed by atoms with Crippen molar-refractivity contribution in [2.24, 2.45) is 4.99 Å². The summed E-state index contributed by atoms with van der Waals surface area (Å²) in [5, 5.41) is 6.87. The van der Waals surface area contributed by atoms with Gasteiger partial charge in [-0.25, -0.2) is 4.98 Å². The van der Waals surface area contributed by atoms with Crippen LogP contribution in [0.2, 0.25) is 0 Å². The molecule has 0 amide bonds. The lowest BCUT2D eigenvalue weighted by Gasteiger charge is -2.28. The number of nitrogens with one attached hydrogen (secondary N) is 2. The number of anilines is 1. The van der Waals surface area contributed by atoms with E-state index in [1.165, 1.54) is 24.8 Å². The molecule has 3 rings (SSSR count). The number of piperidine rings is 1. The van der Waals surface area contributed by atoms with Gasteiger partial charge >= 0.3 is 0 Å². The minimum Gasteiger partial charge on any atom is -0.357 e. The smallest absolute Gasteiger partial charge is 0.191 e. The molecule has 0 aromatic carbocycles. The average Bonchev–Trinajstić information content (AvgIpc) is 3.13. The zero-order valence-corrected chi connectivity index (χ0v) is 16.7. The van der Waals surface area contributed by atoms with Crippen LogP contribution in [0.25, 0.3) is 0 Å². The SMILES string of the molecule is CN=C(NCc1ccnc(N2CCCCC2)c1)NC1CC=CC1.I. The Labute approximate surface area is 162 Å². The Kier molecular flexibility index (Phi) is 7.81. The highest BCUT2D eigenvalue weighted by molar-refractivity contribution is 14.0. The van der Waals surface area contributed by atoms with Crippen LogP contribution in [-0.2, 0) is 6.54 Å². The summed E-state index contributed by atoms with van der Waals surface area (Å²) in [5.41, 5.74) is 1.24. The van der Waals surface area contributed by atoms with Crippen LogP contribution in [0.3, 0.4) is 0 Å². The van der Waals surface area contributed by atoms with Gasteiger partial charge in [-0.05, 0) is 49.8 Å². The lowest BCUT2D eigenvalue weighted by atomic mass is 10.1. The molecule has 0 spiro atoms. The van der Waals surface area contributed by atoms with E-state index < -0.39 is 0 Å². The van der Waals surface area contributed by atoms with E-state index in [0.29, 0.717) is 6.04 Å². The number of rotatable bonds is 4. The fourth-order valence-electron chi connectivity index (χ4n) is 3.18. The molecule has 0 saturated carbocycles. The van der Waals surface area contributed by atoms with Crippen molar-refractivity contribution in [1.82, 2.24) is 15.6 Å². The second-order valence-corrected chi connectivity index (χ2v) is 6.28. The van der Waals surface area contributed by atoms with Gasteiger partial charge in [-0.3, -0.25) is 4.99 Å². The van der Waals surface area contributed by atoms with Gasteiger partial charge in [0.15, 0.2) is 5.96 Å². The molecule has 2 aliphatic rings. The van der Waals surface area contributed by atoms with Crippen LogP contribution in [0.5, 0.6) is 0 Å². The number of hydrogen-bond acceptors (Lipinski definition) is 3. The number of aromatic nitrogens is 1. The van der Waals surface area contributed by atoms with E-state index in [9.17, 15) is 0 Å². The van der Waals surface area contributed by atoms with E-state index in [-0.39, 0.29) is 24.0 Å². The first-order valence-corrected chi connectivity index (χ1v) is 8.67. The van der Waals surface area contributed by atoms with Gasteiger partial charge in [-0.1, -0.05) is 12.2 Å².